The fourth-order valence-corrected chi connectivity index (χ4v) is 3.39. The SMILES string of the molecule is CCCC1CC(N/C=C(/c2cnc3ccccc3n2)C(C)(C)N)C1. The minimum Gasteiger partial charge on any atom is -0.388 e. The predicted molar refractivity (Wildman–Crippen MR) is 100 cm³/mol. The first kappa shape index (κ1) is 16.9. The van der Waals surface area contributed by atoms with Gasteiger partial charge in [-0.3, -0.25) is 4.98 Å². The third kappa shape index (κ3) is 3.75. The third-order valence-electron chi connectivity index (χ3n) is 4.81. The molecule has 1 aromatic heterocycles. The molecular formula is C20H28N4. The average Bonchev–Trinajstić information content (AvgIpc) is 2.51. The van der Waals surface area contributed by atoms with Crippen LogP contribution in [0.3, 0.4) is 0 Å². The number of nitrogens with one attached hydrogen (secondary N) is 1. The smallest absolute Gasteiger partial charge is 0.0894 e. The van der Waals surface area contributed by atoms with Gasteiger partial charge in [0.1, 0.15) is 0 Å². The van der Waals surface area contributed by atoms with Crippen LogP contribution in [0.15, 0.2) is 36.7 Å². The third-order valence-corrected chi connectivity index (χ3v) is 4.81. The summed E-state index contributed by atoms with van der Waals surface area (Å²) in [5, 5.41) is 3.55. The topological polar surface area (TPSA) is 63.8 Å². The lowest BCUT2D eigenvalue weighted by Crippen LogP contribution is -2.40. The lowest BCUT2D eigenvalue weighted by molar-refractivity contribution is 0.224. The van der Waals surface area contributed by atoms with Crippen molar-refractivity contribution in [1.29, 1.82) is 0 Å². The molecule has 0 bridgehead atoms. The molecule has 1 saturated carbocycles. The molecule has 0 saturated heterocycles. The molecule has 1 aromatic carbocycles. The number of aromatic nitrogens is 2. The van der Waals surface area contributed by atoms with Crippen LogP contribution >= 0.6 is 0 Å². The second-order valence-corrected chi connectivity index (χ2v) is 7.51. The molecule has 1 aliphatic rings. The highest BCUT2D eigenvalue weighted by atomic mass is 14.9. The van der Waals surface area contributed by atoms with Gasteiger partial charge >= 0.3 is 0 Å². The zero-order valence-corrected chi connectivity index (χ0v) is 14.9. The molecule has 2 aromatic rings. The first-order valence-corrected chi connectivity index (χ1v) is 8.95. The number of benzene rings is 1. The van der Waals surface area contributed by atoms with Crippen LogP contribution in [-0.4, -0.2) is 21.5 Å². The van der Waals surface area contributed by atoms with E-state index in [1.807, 2.05) is 44.3 Å². The summed E-state index contributed by atoms with van der Waals surface area (Å²) in [5.41, 5.74) is 9.58. The van der Waals surface area contributed by atoms with Crippen molar-refractivity contribution in [3.8, 4) is 0 Å². The molecule has 4 heteroatoms. The van der Waals surface area contributed by atoms with Crippen LogP contribution in [0.5, 0.6) is 0 Å². The van der Waals surface area contributed by atoms with E-state index in [1.54, 1.807) is 0 Å². The maximum Gasteiger partial charge on any atom is 0.0894 e. The van der Waals surface area contributed by atoms with Crippen molar-refractivity contribution in [2.75, 3.05) is 0 Å². The van der Waals surface area contributed by atoms with Gasteiger partial charge in [-0.1, -0.05) is 31.9 Å². The maximum atomic E-state index is 6.40. The van der Waals surface area contributed by atoms with Crippen LogP contribution < -0.4 is 11.1 Å². The van der Waals surface area contributed by atoms with Gasteiger partial charge < -0.3 is 11.1 Å². The minimum atomic E-state index is -0.475. The highest BCUT2D eigenvalue weighted by molar-refractivity contribution is 5.78. The van der Waals surface area contributed by atoms with Gasteiger partial charge in [-0.05, 0) is 44.7 Å². The molecule has 0 unspecified atom stereocenters. The monoisotopic (exact) mass is 324 g/mol. The molecule has 1 heterocycles. The Balaban J connectivity index is 1.79. The summed E-state index contributed by atoms with van der Waals surface area (Å²) < 4.78 is 0. The number of hydrogen-bond acceptors (Lipinski definition) is 4. The molecule has 24 heavy (non-hydrogen) atoms. The molecule has 0 radical (unpaired) electrons. The van der Waals surface area contributed by atoms with Crippen molar-refractivity contribution in [3.63, 3.8) is 0 Å². The molecule has 4 nitrogen and oxygen atoms in total. The first-order chi connectivity index (χ1) is 11.5. The first-order valence-electron chi connectivity index (χ1n) is 8.95. The predicted octanol–water partition coefficient (Wildman–Crippen LogP) is 3.88. The van der Waals surface area contributed by atoms with Crippen molar-refractivity contribution in [3.05, 3.63) is 42.4 Å². The molecule has 128 valence electrons. The average molecular weight is 324 g/mol. The Kier molecular flexibility index (Phi) is 4.86. The van der Waals surface area contributed by atoms with Crippen LogP contribution in [0.4, 0.5) is 0 Å². The van der Waals surface area contributed by atoms with Gasteiger partial charge in [0.15, 0.2) is 0 Å². The lowest BCUT2D eigenvalue weighted by atomic mass is 9.77. The molecule has 1 aliphatic carbocycles. The fourth-order valence-electron chi connectivity index (χ4n) is 3.39. The largest absolute Gasteiger partial charge is 0.388 e. The highest BCUT2D eigenvalue weighted by Crippen LogP contribution is 2.32. The van der Waals surface area contributed by atoms with Gasteiger partial charge in [0.05, 0.1) is 22.9 Å². The van der Waals surface area contributed by atoms with Gasteiger partial charge in [0.2, 0.25) is 0 Å². The van der Waals surface area contributed by atoms with Crippen LogP contribution in [0, 0.1) is 5.92 Å². The number of hydrogen-bond donors (Lipinski definition) is 2. The van der Waals surface area contributed by atoms with E-state index in [9.17, 15) is 0 Å². The summed E-state index contributed by atoms with van der Waals surface area (Å²) in [6.45, 7) is 6.28. The lowest BCUT2D eigenvalue weighted by Gasteiger charge is -2.36. The Morgan fingerprint density at radius 1 is 1.29 bits per heavy atom. The molecule has 1 fully saturated rings. The summed E-state index contributed by atoms with van der Waals surface area (Å²) in [6, 6.07) is 8.49. The van der Waals surface area contributed by atoms with E-state index in [4.69, 9.17) is 10.7 Å². The number of nitrogens with two attached hydrogens (primary N) is 1. The standard InChI is InChI=1S/C20H28N4/c1-4-7-14-10-15(11-14)22-12-16(20(2,3)21)19-13-23-17-8-5-6-9-18(17)24-19/h5-6,8-9,12-15,22H,4,7,10-11,21H2,1-3H3/b16-12-. The quantitative estimate of drug-likeness (QED) is 0.846. The number of rotatable bonds is 6. The van der Waals surface area contributed by atoms with Crippen LogP contribution in [-0.2, 0) is 0 Å². The number of fused-ring (bicyclic) bond motifs is 1. The van der Waals surface area contributed by atoms with Crippen LogP contribution in [0.2, 0.25) is 0 Å². The summed E-state index contributed by atoms with van der Waals surface area (Å²) >= 11 is 0. The molecule has 3 rings (SSSR count). The molecular weight excluding hydrogens is 296 g/mol. The van der Waals surface area contributed by atoms with E-state index in [0.29, 0.717) is 6.04 Å². The van der Waals surface area contributed by atoms with E-state index in [1.165, 1.54) is 25.7 Å². The Morgan fingerprint density at radius 3 is 2.67 bits per heavy atom. The summed E-state index contributed by atoms with van der Waals surface area (Å²) in [6.07, 6.45) is 9.02. The van der Waals surface area contributed by atoms with Crippen LogP contribution in [0.1, 0.15) is 52.1 Å². The van der Waals surface area contributed by atoms with Gasteiger partial charge in [0.25, 0.3) is 0 Å². The molecule has 0 spiro atoms. The number of nitrogens with zero attached hydrogens (tertiary/aromatic N) is 2. The van der Waals surface area contributed by atoms with Crippen molar-refractivity contribution in [1.82, 2.24) is 15.3 Å². The van der Waals surface area contributed by atoms with Gasteiger partial charge in [-0.25, -0.2) is 4.98 Å². The van der Waals surface area contributed by atoms with E-state index in [-0.39, 0.29) is 0 Å². The summed E-state index contributed by atoms with van der Waals surface area (Å²) in [5.74, 6) is 0.885. The summed E-state index contributed by atoms with van der Waals surface area (Å²) in [4.78, 5) is 9.28. The van der Waals surface area contributed by atoms with Crippen molar-refractivity contribution in [2.45, 2.75) is 58.0 Å². The van der Waals surface area contributed by atoms with E-state index < -0.39 is 5.54 Å². The normalized spacial score (nSPS) is 21.6. The zero-order chi connectivity index (χ0) is 17.2. The number of para-hydroxylation sites is 2. The van der Waals surface area contributed by atoms with E-state index in [0.717, 1.165) is 28.2 Å². The Labute approximate surface area is 144 Å². The van der Waals surface area contributed by atoms with E-state index >= 15 is 0 Å². The fraction of sp³-hybridized carbons (Fsp3) is 0.500. The molecule has 0 amide bonds. The van der Waals surface area contributed by atoms with Crippen molar-refractivity contribution < 1.29 is 0 Å². The highest BCUT2D eigenvalue weighted by Gasteiger charge is 2.28. The van der Waals surface area contributed by atoms with Gasteiger partial charge in [-0.15, -0.1) is 0 Å². The maximum absolute atomic E-state index is 6.40. The Bertz CT molecular complexity index is 724. The molecule has 0 atom stereocenters. The Morgan fingerprint density at radius 2 is 2.00 bits per heavy atom. The van der Waals surface area contributed by atoms with Crippen LogP contribution in [0.25, 0.3) is 16.6 Å². The Hall–Kier alpha value is -1.94. The van der Waals surface area contributed by atoms with E-state index in [2.05, 4.69) is 23.4 Å². The van der Waals surface area contributed by atoms with Gasteiger partial charge in [0, 0.05) is 23.4 Å². The molecule has 3 N–H and O–H groups in total. The van der Waals surface area contributed by atoms with Gasteiger partial charge in [-0.2, -0.15) is 0 Å². The minimum absolute atomic E-state index is 0.475. The second kappa shape index (κ2) is 6.89. The zero-order valence-electron chi connectivity index (χ0n) is 14.9. The van der Waals surface area contributed by atoms with Crippen molar-refractivity contribution >= 4 is 16.6 Å². The molecule has 0 aliphatic heterocycles. The second-order valence-electron chi connectivity index (χ2n) is 7.51. The summed E-state index contributed by atoms with van der Waals surface area (Å²) in [7, 11) is 0. The van der Waals surface area contributed by atoms with Crippen molar-refractivity contribution in [2.24, 2.45) is 11.7 Å².